The molecule has 0 unspecified atom stereocenters. The Bertz CT molecular complexity index is 1220. The number of nitro benzene ring substituents is 1. The zero-order valence-electron chi connectivity index (χ0n) is 16.3. The van der Waals surface area contributed by atoms with Crippen molar-refractivity contribution in [3.63, 3.8) is 0 Å². The minimum absolute atomic E-state index is 0.0119. The van der Waals surface area contributed by atoms with Gasteiger partial charge in [-0.1, -0.05) is 28.9 Å². The fourth-order valence-electron chi connectivity index (χ4n) is 2.93. The van der Waals surface area contributed by atoms with Gasteiger partial charge in [-0.25, -0.2) is 0 Å². The van der Waals surface area contributed by atoms with Crippen LogP contribution in [0, 0.1) is 10.1 Å². The monoisotopic (exact) mass is 437 g/mol. The summed E-state index contributed by atoms with van der Waals surface area (Å²) in [5, 5.41) is 15.3. The van der Waals surface area contributed by atoms with Gasteiger partial charge in [0.1, 0.15) is 18.1 Å². The molecule has 0 aliphatic rings. The molecule has 0 saturated heterocycles. The molecule has 0 amide bonds. The third-order valence-corrected chi connectivity index (χ3v) is 4.69. The number of hydrogen-bond donors (Lipinski definition) is 0. The smallest absolute Gasteiger partial charge is 0.269 e. The lowest BCUT2D eigenvalue weighted by Gasteiger charge is -2.07. The Labute approximate surface area is 182 Å². The predicted molar refractivity (Wildman–Crippen MR) is 114 cm³/mol. The van der Waals surface area contributed by atoms with E-state index in [2.05, 4.69) is 10.1 Å². The van der Waals surface area contributed by atoms with E-state index < -0.39 is 4.92 Å². The van der Waals surface area contributed by atoms with Crippen molar-refractivity contribution in [2.75, 3.05) is 7.11 Å². The fraction of sp³-hybridized carbons (Fsp3) is 0.0909. The summed E-state index contributed by atoms with van der Waals surface area (Å²) in [4.78, 5) is 14.8. The highest BCUT2D eigenvalue weighted by atomic mass is 35.5. The van der Waals surface area contributed by atoms with Crippen molar-refractivity contribution in [1.29, 1.82) is 0 Å². The molecule has 0 aliphatic heterocycles. The van der Waals surface area contributed by atoms with Gasteiger partial charge in [0, 0.05) is 22.7 Å². The van der Waals surface area contributed by atoms with E-state index in [4.69, 9.17) is 25.6 Å². The van der Waals surface area contributed by atoms with Gasteiger partial charge in [0.15, 0.2) is 0 Å². The van der Waals surface area contributed by atoms with Gasteiger partial charge in [-0.2, -0.15) is 4.98 Å². The lowest BCUT2D eigenvalue weighted by molar-refractivity contribution is -0.384. The maximum Gasteiger partial charge on any atom is 0.269 e. The fourth-order valence-corrected chi connectivity index (χ4v) is 3.10. The largest absolute Gasteiger partial charge is 0.496 e. The zero-order chi connectivity index (χ0) is 21.8. The Balaban J connectivity index is 1.51. The van der Waals surface area contributed by atoms with Crippen LogP contribution in [-0.2, 0) is 6.61 Å². The van der Waals surface area contributed by atoms with Gasteiger partial charge in [0.25, 0.3) is 11.6 Å². The van der Waals surface area contributed by atoms with E-state index >= 15 is 0 Å². The SMILES string of the molecule is COc1ccc(Cl)cc1-c1noc(-c2cccc(COc3ccc([N+](=O)[O-])cc3)c2)n1. The average Bonchev–Trinajstić information content (AvgIpc) is 3.28. The van der Waals surface area contributed by atoms with Crippen LogP contribution in [0.5, 0.6) is 11.5 Å². The molecule has 4 rings (SSSR count). The molecule has 0 radical (unpaired) electrons. The first-order chi connectivity index (χ1) is 15.0. The maximum atomic E-state index is 10.7. The normalized spacial score (nSPS) is 10.6. The van der Waals surface area contributed by atoms with Crippen LogP contribution >= 0.6 is 11.6 Å². The Morgan fingerprint density at radius 1 is 1.10 bits per heavy atom. The Kier molecular flexibility index (Phi) is 5.81. The molecule has 0 fully saturated rings. The lowest BCUT2D eigenvalue weighted by Crippen LogP contribution is -1.96. The number of hydrogen-bond acceptors (Lipinski definition) is 7. The van der Waals surface area contributed by atoms with Crippen LogP contribution < -0.4 is 9.47 Å². The number of methoxy groups -OCH3 is 1. The second-order valence-electron chi connectivity index (χ2n) is 6.51. The van der Waals surface area contributed by atoms with Crippen molar-refractivity contribution in [3.05, 3.63) is 87.4 Å². The summed E-state index contributed by atoms with van der Waals surface area (Å²) >= 11 is 6.09. The number of non-ortho nitro benzene ring substituents is 1. The van der Waals surface area contributed by atoms with Crippen molar-refractivity contribution < 1.29 is 18.9 Å². The number of rotatable bonds is 7. The highest BCUT2D eigenvalue weighted by Gasteiger charge is 2.15. The van der Waals surface area contributed by atoms with E-state index in [-0.39, 0.29) is 12.3 Å². The van der Waals surface area contributed by atoms with Gasteiger partial charge in [-0.05, 0) is 48.0 Å². The van der Waals surface area contributed by atoms with Gasteiger partial charge in [-0.3, -0.25) is 10.1 Å². The van der Waals surface area contributed by atoms with Crippen LogP contribution in [0.15, 0.2) is 71.3 Å². The third-order valence-electron chi connectivity index (χ3n) is 4.46. The second kappa shape index (κ2) is 8.85. The van der Waals surface area contributed by atoms with Gasteiger partial charge in [-0.15, -0.1) is 0 Å². The molecule has 0 spiro atoms. The van der Waals surface area contributed by atoms with Crippen LogP contribution in [0.25, 0.3) is 22.8 Å². The van der Waals surface area contributed by atoms with Crippen molar-refractivity contribution in [3.8, 4) is 34.3 Å². The summed E-state index contributed by atoms with van der Waals surface area (Å²) in [7, 11) is 1.56. The number of ether oxygens (including phenoxy) is 2. The standard InChI is InChI=1S/C22H16ClN3O5/c1-29-20-10-5-16(23)12-19(20)21-24-22(31-25-21)15-4-2-3-14(11-15)13-30-18-8-6-17(7-9-18)26(27)28/h2-12H,13H2,1H3. The number of halogens is 1. The van der Waals surface area contributed by atoms with E-state index in [0.29, 0.717) is 33.8 Å². The molecule has 3 aromatic carbocycles. The average molecular weight is 438 g/mol. The van der Waals surface area contributed by atoms with Crippen LogP contribution in [0.3, 0.4) is 0 Å². The van der Waals surface area contributed by atoms with Gasteiger partial charge < -0.3 is 14.0 Å². The quantitative estimate of drug-likeness (QED) is 0.276. The molecular formula is C22H16ClN3O5. The first-order valence-corrected chi connectivity index (χ1v) is 9.55. The number of nitrogens with zero attached hydrogens (tertiary/aromatic N) is 3. The molecule has 31 heavy (non-hydrogen) atoms. The minimum atomic E-state index is -0.453. The molecule has 0 saturated carbocycles. The van der Waals surface area contributed by atoms with Gasteiger partial charge >= 0.3 is 0 Å². The molecule has 1 aromatic heterocycles. The summed E-state index contributed by atoms with van der Waals surface area (Å²) in [5.74, 6) is 1.82. The topological polar surface area (TPSA) is 101 Å². The molecule has 9 heteroatoms. The van der Waals surface area contributed by atoms with Crippen molar-refractivity contribution in [2.45, 2.75) is 6.61 Å². The molecule has 0 N–H and O–H groups in total. The third kappa shape index (κ3) is 4.65. The number of aromatic nitrogens is 2. The zero-order valence-corrected chi connectivity index (χ0v) is 17.1. The summed E-state index contributed by atoms with van der Waals surface area (Å²) in [6.45, 7) is 0.273. The summed E-state index contributed by atoms with van der Waals surface area (Å²) in [6, 6.07) is 18.6. The number of nitro groups is 1. The van der Waals surface area contributed by atoms with Crippen molar-refractivity contribution in [2.24, 2.45) is 0 Å². The van der Waals surface area contributed by atoms with Crippen LogP contribution in [0.1, 0.15) is 5.56 Å². The van der Waals surface area contributed by atoms with E-state index in [1.807, 2.05) is 24.3 Å². The Morgan fingerprint density at radius 2 is 1.90 bits per heavy atom. The minimum Gasteiger partial charge on any atom is -0.496 e. The molecule has 0 atom stereocenters. The second-order valence-corrected chi connectivity index (χ2v) is 6.94. The Morgan fingerprint density at radius 3 is 2.65 bits per heavy atom. The van der Waals surface area contributed by atoms with Crippen LogP contribution in [0.2, 0.25) is 5.02 Å². The predicted octanol–water partition coefficient (Wildman–Crippen LogP) is 5.55. The molecule has 4 aromatic rings. The highest BCUT2D eigenvalue weighted by molar-refractivity contribution is 6.30. The van der Waals surface area contributed by atoms with E-state index in [1.54, 1.807) is 37.4 Å². The molecule has 156 valence electrons. The summed E-state index contributed by atoms with van der Waals surface area (Å²) in [5.41, 5.74) is 2.24. The summed E-state index contributed by atoms with van der Waals surface area (Å²) in [6.07, 6.45) is 0. The van der Waals surface area contributed by atoms with Crippen molar-refractivity contribution >= 4 is 17.3 Å². The van der Waals surface area contributed by atoms with E-state index in [9.17, 15) is 10.1 Å². The van der Waals surface area contributed by atoms with Gasteiger partial charge in [0.2, 0.25) is 5.82 Å². The molecule has 0 bridgehead atoms. The molecule has 0 aliphatic carbocycles. The molecule has 8 nitrogen and oxygen atoms in total. The summed E-state index contributed by atoms with van der Waals surface area (Å²) < 4.78 is 16.5. The van der Waals surface area contributed by atoms with Crippen LogP contribution in [-0.4, -0.2) is 22.2 Å². The molecular weight excluding hydrogens is 422 g/mol. The first kappa shape index (κ1) is 20.4. The van der Waals surface area contributed by atoms with Crippen LogP contribution in [0.4, 0.5) is 5.69 Å². The molecule has 1 heterocycles. The lowest BCUT2D eigenvalue weighted by atomic mass is 10.1. The van der Waals surface area contributed by atoms with Crippen molar-refractivity contribution in [1.82, 2.24) is 10.1 Å². The van der Waals surface area contributed by atoms with E-state index in [1.165, 1.54) is 12.1 Å². The maximum absolute atomic E-state index is 10.7. The Hall–Kier alpha value is -3.91. The van der Waals surface area contributed by atoms with Gasteiger partial charge in [0.05, 0.1) is 17.6 Å². The van der Waals surface area contributed by atoms with E-state index in [0.717, 1.165) is 11.1 Å². The number of benzene rings is 3. The first-order valence-electron chi connectivity index (χ1n) is 9.17. The highest BCUT2D eigenvalue weighted by Crippen LogP contribution is 2.32.